The second-order valence-corrected chi connectivity index (χ2v) is 6.23. The summed E-state index contributed by atoms with van der Waals surface area (Å²) in [5.74, 6) is -0.0242. The summed E-state index contributed by atoms with van der Waals surface area (Å²) in [6.45, 7) is 0. The first-order valence-electron chi connectivity index (χ1n) is 5.77. The molecule has 21 heavy (non-hydrogen) atoms. The Morgan fingerprint density at radius 3 is 2.57 bits per heavy atom. The molecule has 0 saturated heterocycles. The fraction of sp³-hybridized carbons (Fsp3) is 0.182. The molecule has 1 aromatic heterocycles. The number of anilines is 2. The third kappa shape index (κ3) is 2.65. The molecule has 0 aliphatic rings. The van der Waals surface area contributed by atoms with E-state index < -0.39 is 14.8 Å². The monoisotopic (exact) mass is 311 g/mol. The standard InChI is InChI=1S/C11H13N5O4S/c1-13-11-9(21(2,19)20)10(12)15(14-11)7-4-3-5-8(6-7)16(17)18/h3-6H,12H2,1-2H3,(H,13,14). The summed E-state index contributed by atoms with van der Waals surface area (Å²) >= 11 is 0. The molecule has 0 bridgehead atoms. The molecule has 112 valence electrons. The van der Waals surface area contributed by atoms with E-state index in [0.717, 1.165) is 10.9 Å². The van der Waals surface area contributed by atoms with Gasteiger partial charge in [0.2, 0.25) is 0 Å². The lowest BCUT2D eigenvalue weighted by atomic mass is 10.3. The highest BCUT2D eigenvalue weighted by molar-refractivity contribution is 7.91. The van der Waals surface area contributed by atoms with Crippen molar-refractivity contribution < 1.29 is 13.3 Å². The maximum atomic E-state index is 11.8. The van der Waals surface area contributed by atoms with E-state index in [1.54, 1.807) is 6.07 Å². The summed E-state index contributed by atoms with van der Waals surface area (Å²) in [6, 6.07) is 5.59. The number of nitrogen functional groups attached to an aromatic ring is 1. The molecule has 0 amide bonds. The second-order valence-electron chi connectivity index (χ2n) is 4.27. The van der Waals surface area contributed by atoms with Crippen molar-refractivity contribution in [3.8, 4) is 5.69 Å². The highest BCUT2D eigenvalue weighted by atomic mass is 32.2. The summed E-state index contributed by atoms with van der Waals surface area (Å²) in [5.41, 5.74) is 5.99. The van der Waals surface area contributed by atoms with Gasteiger partial charge in [0, 0.05) is 25.4 Å². The van der Waals surface area contributed by atoms with E-state index >= 15 is 0 Å². The Labute approximate surface area is 120 Å². The minimum Gasteiger partial charge on any atom is -0.382 e. The zero-order valence-corrected chi connectivity index (χ0v) is 12.1. The minimum absolute atomic E-state index is 0.0847. The van der Waals surface area contributed by atoms with E-state index in [1.807, 2.05) is 0 Å². The predicted octanol–water partition coefficient (Wildman–Crippen LogP) is 0.808. The smallest absolute Gasteiger partial charge is 0.271 e. The topological polar surface area (TPSA) is 133 Å². The predicted molar refractivity (Wildman–Crippen MR) is 77.3 cm³/mol. The van der Waals surface area contributed by atoms with Gasteiger partial charge in [-0.15, -0.1) is 5.10 Å². The van der Waals surface area contributed by atoms with Crippen LogP contribution in [0.4, 0.5) is 17.3 Å². The van der Waals surface area contributed by atoms with E-state index in [2.05, 4.69) is 10.4 Å². The van der Waals surface area contributed by atoms with Crippen molar-refractivity contribution in [3.63, 3.8) is 0 Å². The average Bonchev–Trinajstić information content (AvgIpc) is 2.75. The highest BCUT2D eigenvalue weighted by Gasteiger charge is 2.24. The molecule has 3 N–H and O–H groups in total. The van der Waals surface area contributed by atoms with Crippen LogP contribution in [-0.2, 0) is 9.84 Å². The normalized spacial score (nSPS) is 11.3. The summed E-state index contributed by atoms with van der Waals surface area (Å²) in [5, 5.41) is 17.5. The fourth-order valence-corrected chi connectivity index (χ4v) is 2.84. The number of benzene rings is 1. The van der Waals surface area contributed by atoms with Crippen LogP contribution >= 0.6 is 0 Å². The summed E-state index contributed by atoms with van der Waals surface area (Å²) in [4.78, 5) is 10.1. The summed E-state index contributed by atoms with van der Waals surface area (Å²) in [6.07, 6.45) is 1.01. The van der Waals surface area contributed by atoms with Crippen LogP contribution in [-0.4, -0.2) is 36.4 Å². The molecule has 2 rings (SSSR count). The number of nitrogens with one attached hydrogen (secondary N) is 1. The number of hydrogen-bond donors (Lipinski definition) is 2. The quantitative estimate of drug-likeness (QED) is 0.630. The van der Waals surface area contributed by atoms with E-state index in [9.17, 15) is 18.5 Å². The van der Waals surface area contributed by atoms with Crippen LogP contribution in [0.15, 0.2) is 29.2 Å². The molecule has 1 aromatic carbocycles. The van der Waals surface area contributed by atoms with Crippen molar-refractivity contribution in [2.75, 3.05) is 24.4 Å². The molecular weight excluding hydrogens is 298 g/mol. The van der Waals surface area contributed by atoms with Crippen LogP contribution in [0.5, 0.6) is 0 Å². The van der Waals surface area contributed by atoms with Gasteiger partial charge in [0.1, 0.15) is 5.82 Å². The number of nitro groups is 1. The largest absolute Gasteiger partial charge is 0.382 e. The van der Waals surface area contributed by atoms with E-state index in [-0.39, 0.29) is 22.2 Å². The molecule has 0 fully saturated rings. The van der Waals surface area contributed by atoms with Gasteiger partial charge in [-0.3, -0.25) is 10.1 Å². The van der Waals surface area contributed by atoms with Gasteiger partial charge < -0.3 is 11.1 Å². The van der Waals surface area contributed by atoms with Crippen molar-refractivity contribution in [1.29, 1.82) is 0 Å². The van der Waals surface area contributed by atoms with Gasteiger partial charge in [-0.05, 0) is 6.07 Å². The second kappa shape index (κ2) is 5.05. The van der Waals surface area contributed by atoms with Gasteiger partial charge >= 0.3 is 0 Å². The number of nitro benzene ring substituents is 1. The van der Waals surface area contributed by atoms with E-state index in [4.69, 9.17) is 5.73 Å². The highest BCUT2D eigenvalue weighted by Crippen LogP contribution is 2.29. The SMILES string of the molecule is CNc1nn(-c2cccc([N+](=O)[O-])c2)c(N)c1S(C)(=O)=O. The zero-order valence-electron chi connectivity index (χ0n) is 11.3. The lowest BCUT2D eigenvalue weighted by Gasteiger charge is -2.04. The number of aromatic nitrogens is 2. The summed E-state index contributed by atoms with van der Waals surface area (Å²) < 4.78 is 24.7. The third-order valence-corrected chi connectivity index (χ3v) is 3.91. The molecule has 0 saturated carbocycles. The van der Waals surface area contributed by atoms with Crippen LogP contribution in [0.2, 0.25) is 0 Å². The Hall–Kier alpha value is -2.62. The lowest BCUT2D eigenvalue weighted by Crippen LogP contribution is -2.06. The molecule has 0 spiro atoms. The molecule has 10 heteroatoms. The number of rotatable bonds is 4. The molecule has 2 aromatic rings. The first-order valence-corrected chi connectivity index (χ1v) is 7.66. The van der Waals surface area contributed by atoms with Crippen molar-refractivity contribution >= 4 is 27.2 Å². The molecule has 9 nitrogen and oxygen atoms in total. The maximum Gasteiger partial charge on any atom is 0.271 e. The molecule has 0 aliphatic heterocycles. The van der Waals surface area contributed by atoms with Gasteiger partial charge in [-0.1, -0.05) is 6.07 Å². The summed E-state index contributed by atoms with van der Waals surface area (Å²) in [7, 11) is -2.09. The number of hydrogen-bond acceptors (Lipinski definition) is 7. The number of nitrogens with zero attached hydrogens (tertiary/aromatic N) is 3. The van der Waals surface area contributed by atoms with Crippen molar-refractivity contribution in [3.05, 3.63) is 34.4 Å². The number of non-ortho nitro benzene ring substituents is 1. The Morgan fingerprint density at radius 1 is 1.43 bits per heavy atom. The van der Waals surface area contributed by atoms with E-state index in [1.165, 1.54) is 25.2 Å². The van der Waals surface area contributed by atoms with Gasteiger partial charge in [0.25, 0.3) is 5.69 Å². The Morgan fingerprint density at radius 2 is 2.10 bits per heavy atom. The van der Waals surface area contributed by atoms with Crippen molar-refractivity contribution in [1.82, 2.24) is 9.78 Å². The van der Waals surface area contributed by atoms with Gasteiger partial charge in [-0.25, -0.2) is 13.1 Å². The molecular formula is C11H13N5O4S. The van der Waals surface area contributed by atoms with Crippen LogP contribution in [0.25, 0.3) is 5.69 Å². The maximum absolute atomic E-state index is 11.8. The van der Waals surface area contributed by atoms with Crippen molar-refractivity contribution in [2.24, 2.45) is 0 Å². The number of sulfone groups is 1. The Kier molecular flexibility index (Phi) is 3.56. The average molecular weight is 311 g/mol. The molecule has 0 aliphatic carbocycles. The minimum atomic E-state index is -3.59. The lowest BCUT2D eigenvalue weighted by molar-refractivity contribution is -0.384. The Bertz CT molecular complexity index is 812. The van der Waals surface area contributed by atoms with Gasteiger partial charge in [-0.2, -0.15) is 0 Å². The van der Waals surface area contributed by atoms with Gasteiger partial charge in [0.05, 0.1) is 10.6 Å². The first kappa shape index (κ1) is 14.8. The molecule has 0 atom stereocenters. The van der Waals surface area contributed by atoms with Crippen LogP contribution in [0.1, 0.15) is 0 Å². The molecule has 0 radical (unpaired) electrons. The van der Waals surface area contributed by atoms with Crippen molar-refractivity contribution in [2.45, 2.75) is 4.90 Å². The number of nitrogens with two attached hydrogens (primary N) is 1. The molecule has 0 unspecified atom stereocenters. The molecule has 1 heterocycles. The van der Waals surface area contributed by atoms with Gasteiger partial charge in [0.15, 0.2) is 20.6 Å². The fourth-order valence-electron chi connectivity index (χ4n) is 1.88. The zero-order chi connectivity index (χ0) is 15.8. The Balaban J connectivity index is 2.69. The first-order chi connectivity index (χ1) is 9.75. The van der Waals surface area contributed by atoms with Crippen LogP contribution in [0.3, 0.4) is 0 Å². The van der Waals surface area contributed by atoms with E-state index in [0.29, 0.717) is 5.69 Å². The van der Waals surface area contributed by atoms with Crippen LogP contribution < -0.4 is 11.1 Å². The van der Waals surface area contributed by atoms with Crippen LogP contribution in [0, 0.1) is 10.1 Å². The third-order valence-electron chi connectivity index (χ3n) is 2.77.